The summed E-state index contributed by atoms with van der Waals surface area (Å²) in [4.78, 5) is 12.4. The first-order valence-corrected chi connectivity index (χ1v) is 10.1. The molecule has 1 aromatic heterocycles. The Morgan fingerprint density at radius 3 is 2.35 bits per heavy atom. The van der Waals surface area contributed by atoms with Gasteiger partial charge in [-0.25, -0.2) is 9.07 Å². The number of fused-ring (bicyclic) bond motifs is 1. The summed E-state index contributed by atoms with van der Waals surface area (Å²) in [6.07, 6.45) is -1.47. The molecule has 1 amide bonds. The molecule has 0 bridgehead atoms. The number of carbonyl (C=O) groups is 1. The predicted molar refractivity (Wildman–Crippen MR) is 108 cm³/mol. The molecule has 0 atom stereocenters. The maximum atomic E-state index is 13.4. The Hall–Kier alpha value is -3.16. The average Bonchev–Trinajstić information content (AvgIpc) is 3.15. The molecule has 1 N–H and O–H groups in total. The number of rotatable bonds is 5. The molecule has 0 aliphatic heterocycles. The fourth-order valence-corrected chi connectivity index (χ4v) is 3.87. The zero-order chi connectivity index (χ0) is 22.0. The van der Waals surface area contributed by atoms with E-state index in [0.717, 1.165) is 18.4 Å². The minimum atomic E-state index is -4.49. The lowest BCUT2D eigenvalue weighted by Crippen LogP contribution is -2.25. The van der Waals surface area contributed by atoms with E-state index in [1.807, 2.05) is 0 Å². The normalized spacial score (nSPS) is 13.7. The summed E-state index contributed by atoms with van der Waals surface area (Å²) in [6, 6.07) is 12.4. The van der Waals surface area contributed by atoms with Gasteiger partial charge in [-0.05, 0) is 74.1 Å². The third-order valence-corrected chi connectivity index (χ3v) is 5.44. The molecule has 0 saturated carbocycles. The van der Waals surface area contributed by atoms with Crippen LogP contribution in [0.4, 0.5) is 17.6 Å². The van der Waals surface area contributed by atoms with Crippen molar-refractivity contribution >= 4 is 5.91 Å². The zero-order valence-corrected chi connectivity index (χ0v) is 16.7. The fourth-order valence-electron chi connectivity index (χ4n) is 3.87. The molecule has 0 spiro atoms. The quantitative estimate of drug-likeness (QED) is 0.586. The summed E-state index contributed by atoms with van der Waals surface area (Å²) in [5, 5.41) is 6.65. The lowest BCUT2D eigenvalue weighted by Gasteiger charge is -2.15. The Bertz CT molecular complexity index is 1070. The molecule has 2 aromatic carbocycles. The van der Waals surface area contributed by atoms with Crippen LogP contribution in [0.1, 0.15) is 45.7 Å². The maximum Gasteiger partial charge on any atom is 0.435 e. The van der Waals surface area contributed by atoms with Crippen molar-refractivity contribution in [1.29, 1.82) is 0 Å². The van der Waals surface area contributed by atoms with Crippen molar-refractivity contribution in [2.24, 2.45) is 0 Å². The van der Waals surface area contributed by atoms with Gasteiger partial charge in [-0.3, -0.25) is 4.79 Å². The summed E-state index contributed by atoms with van der Waals surface area (Å²) in [7, 11) is 0. The van der Waals surface area contributed by atoms with E-state index in [0.29, 0.717) is 42.8 Å². The van der Waals surface area contributed by atoms with Gasteiger partial charge in [-0.15, -0.1) is 0 Å². The van der Waals surface area contributed by atoms with Crippen LogP contribution >= 0.6 is 0 Å². The molecule has 4 nitrogen and oxygen atoms in total. The van der Waals surface area contributed by atoms with Crippen molar-refractivity contribution in [3.63, 3.8) is 0 Å². The van der Waals surface area contributed by atoms with Crippen LogP contribution in [0.3, 0.4) is 0 Å². The molecule has 0 radical (unpaired) electrons. The second-order valence-electron chi connectivity index (χ2n) is 7.57. The predicted octanol–water partition coefficient (Wildman–Crippen LogP) is 4.88. The number of hydrogen-bond donors (Lipinski definition) is 1. The number of amides is 1. The van der Waals surface area contributed by atoms with Crippen molar-refractivity contribution < 1.29 is 22.4 Å². The molecular formula is C23H21F4N3O. The maximum absolute atomic E-state index is 13.4. The monoisotopic (exact) mass is 431 g/mol. The summed E-state index contributed by atoms with van der Waals surface area (Å²) >= 11 is 0. The van der Waals surface area contributed by atoms with Gasteiger partial charge in [0.15, 0.2) is 5.69 Å². The smallest absolute Gasteiger partial charge is 0.352 e. The highest BCUT2D eigenvalue weighted by Crippen LogP contribution is 2.36. The van der Waals surface area contributed by atoms with Gasteiger partial charge in [0.2, 0.25) is 0 Å². The number of halogens is 4. The molecule has 0 unspecified atom stereocenters. The van der Waals surface area contributed by atoms with Crippen LogP contribution in [0.25, 0.3) is 5.69 Å². The molecule has 8 heteroatoms. The lowest BCUT2D eigenvalue weighted by molar-refractivity contribution is -0.142. The number of benzene rings is 2. The third-order valence-electron chi connectivity index (χ3n) is 5.44. The zero-order valence-electron chi connectivity index (χ0n) is 16.7. The van der Waals surface area contributed by atoms with Crippen molar-refractivity contribution in [3.8, 4) is 5.69 Å². The first kappa shape index (κ1) is 21.1. The molecule has 31 heavy (non-hydrogen) atoms. The largest absolute Gasteiger partial charge is 0.435 e. The SMILES string of the molecule is O=C(NCCc1ccc(F)cc1)c1ccc(-n2nc(C(F)(F)F)c3c2CCCC3)cc1. The minimum absolute atomic E-state index is 0.279. The molecule has 1 aliphatic carbocycles. The van der Waals surface area contributed by atoms with Crippen LogP contribution in [0.5, 0.6) is 0 Å². The van der Waals surface area contributed by atoms with Gasteiger partial charge in [0, 0.05) is 23.4 Å². The average molecular weight is 431 g/mol. The Balaban J connectivity index is 1.46. The first-order chi connectivity index (χ1) is 14.8. The van der Waals surface area contributed by atoms with Crippen molar-refractivity contribution in [2.45, 2.75) is 38.3 Å². The number of nitrogens with zero attached hydrogens (tertiary/aromatic N) is 2. The molecule has 162 valence electrons. The van der Waals surface area contributed by atoms with E-state index in [1.165, 1.54) is 16.8 Å². The second kappa shape index (κ2) is 8.53. The van der Waals surface area contributed by atoms with E-state index in [2.05, 4.69) is 10.4 Å². The van der Waals surface area contributed by atoms with Crippen molar-refractivity contribution in [1.82, 2.24) is 15.1 Å². The number of carbonyl (C=O) groups excluding carboxylic acids is 1. The van der Waals surface area contributed by atoms with E-state index in [-0.39, 0.29) is 17.3 Å². The highest BCUT2D eigenvalue weighted by atomic mass is 19.4. The topological polar surface area (TPSA) is 46.9 Å². The number of hydrogen-bond acceptors (Lipinski definition) is 2. The Morgan fingerprint density at radius 2 is 1.68 bits per heavy atom. The molecule has 4 rings (SSSR count). The van der Waals surface area contributed by atoms with Crippen LogP contribution in [0.2, 0.25) is 0 Å². The molecule has 0 fully saturated rings. The Kier molecular flexibility index (Phi) is 5.80. The van der Waals surface area contributed by atoms with Crippen LogP contribution in [-0.2, 0) is 25.4 Å². The standard InChI is InChI=1S/C23H21F4N3O/c24-17-9-5-15(6-10-17)13-14-28-22(31)16-7-11-18(12-8-16)30-20-4-2-1-3-19(20)21(29-30)23(25,26)27/h5-12H,1-4,13-14H2,(H,28,31). The first-order valence-electron chi connectivity index (χ1n) is 10.1. The molecular weight excluding hydrogens is 410 g/mol. The lowest BCUT2D eigenvalue weighted by atomic mass is 9.95. The van der Waals surface area contributed by atoms with E-state index < -0.39 is 11.9 Å². The van der Waals surface area contributed by atoms with E-state index in [1.54, 1.807) is 36.4 Å². The van der Waals surface area contributed by atoms with Crippen molar-refractivity contribution in [2.75, 3.05) is 6.54 Å². The summed E-state index contributed by atoms with van der Waals surface area (Å²) < 4.78 is 54.5. The Morgan fingerprint density at radius 1 is 1.00 bits per heavy atom. The summed E-state index contributed by atoms with van der Waals surface area (Å²) in [5.74, 6) is -0.596. The number of alkyl halides is 3. The van der Waals surface area contributed by atoms with Gasteiger partial charge in [0.25, 0.3) is 5.91 Å². The van der Waals surface area contributed by atoms with Gasteiger partial charge in [0.1, 0.15) is 5.82 Å². The van der Waals surface area contributed by atoms with Gasteiger partial charge in [0.05, 0.1) is 5.69 Å². The molecule has 0 saturated heterocycles. The van der Waals surface area contributed by atoms with Gasteiger partial charge >= 0.3 is 6.18 Å². The molecule has 3 aromatic rings. The minimum Gasteiger partial charge on any atom is -0.352 e. The summed E-state index contributed by atoms with van der Waals surface area (Å²) in [5.41, 5.74) is 1.86. The fraction of sp³-hybridized carbons (Fsp3) is 0.304. The molecule has 1 heterocycles. The van der Waals surface area contributed by atoms with Crippen LogP contribution in [-0.4, -0.2) is 22.2 Å². The number of aromatic nitrogens is 2. The van der Waals surface area contributed by atoms with E-state index in [9.17, 15) is 22.4 Å². The van der Waals surface area contributed by atoms with E-state index in [4.69, 9.17) is 0 Å². The summed E-state index contributed by atoms with van der Waals surface area (Å²) in [6.45, 7) is 0.383. The third kappa shape index (κ3) is 4.62. The second-order valence-corrected chi connectivity index (χ2v) is 7.57. The van der Waals surface area contributed by atoms with Crippen LogP contribution in [0.15, 0.2) is 48.5 Å². The van der Waals surface area contributed by atoms with Gasteiger partial charge in [-0.2, -0.15) is 18.3 Å². The molecule has 1 aliphatic rings. The van der Waals surface area contributed by atoms with Crippen LogP contribution in [0, 0.1) is 5.82 Å². The van der Waals surface area contributed by atoms with Gasteiger partial charge in [-0.1, -0.05) is 12.1 Å². The van der Waals surface area contributed by atoms with Crippen molar-refractivity contribution in [3.05, 3.63) is 82.4 Å². The highest BCUT2D eigenvalue weighted by Gasteiger charge is 2.39. The highest BCUT2D eigenvalue weighted by molar-refractivity contribution is 5.94. The van der Waals surface area contributed by atoms with E-state index >= 15 is 0 Å². The Labute approximate surface area is 176 Å². The van der Waals surface area contributed by atoms with Gasteiger partial charge < -0.3 is 5.32 Å². The van der Waals surface area contributed by atoms with Crippen LogP contribution < -0.4 is 5.32 Å². The number of nitrogens with one attached hydrogen (secondary N) is 1.